The number of esters is 1. The largest absolute Gasteiger partial charge is 0.465 e. The van der Waals surface area contributed by atoms with E-state index in [0.717, 1.165) is 25.7 Å². The number of rotatable bonds is 8. The van der Waals surface area contributed by atoms with Crippen LogP contribution in [0.15, 0.2) is 24.8 Å². The van der Waals surface area contributed by atoms with E-state index in [1.807, 2.05) is 12.2 Å². The van der Waals surface area contributed by atoms with Gasteiger partial charge in [0, 0.05) is 6.42 Å². The van der Waals surface area contributed by atoms with E-state index in [1.54, 1.807) is 6.92 Å². The maximum Gasteiger partial charge on any atom is 0.319 e. The Kier molecular flexibility index (Phi) is 6.54. The second-order valence-electron chi connectivity index (χ2n) is 4.97. The van der Waals surface area contributed by atoms with E-state index >= 15 is 0 Å². The van der Waals surface area contributed by atoms with E-state index in [9.17, 15) is 9.59 Å². The Balaban J connectivity index is 2.58. The van der Waals surface area contributed by atoms with Gasteiger partial charge in [-0.25, -0.2) is 0 Å². The first-order chi connectivity index (χ1) is 9.17. The zero-order chi connectivity index (χ0) is 14.1. The van der Waals surface area contributed by atoms with Crippen LogP contribution in [0.4, 0.5) is 0 Å². The van der Waals surface area contributed by atoms with Gasteiger partial charge in [0.2, 0.25) is 0 Å². The minimum atomic E-state index is -0.898. The molecule has 1 aliphatic rings. The van der Waals surface area contributed by atoms with Gasteiger partial charge in [-0.05, 0) is 45.4 Å². The second-order valence-corrected chi connectivity index (χ2v) is 4.97. The number of hydrogen-bond acceptors (Lipinski definition) is 3. The van der Waals surface area contributed by atoms with E-state index in [-0.39, 0.29) is 11.8 Å². The third-order valence-electron chi connectivity index (χ3n) is 3.62. The monoisotopic (exact) mass is 264 g/mol. The maximum atomic E-state index is 12.1. The summed E-state index contributed by atoms with van der Waals surface area (Å²) in [6.45, 7) is 5.78. The molecule has 3 heteroatoms. The summed E-state index contributed by atoms with van der Waals surface area (Å²) in [4.78, 5) is 24.1. The highest BCUT2D eigenvalue weighted by Crippen LogP contribution is 2.39. The Hall–Kier alpha value is -1.38. The number of allylic oxidation sites excluding steroid dienone is 3. The van der Waals surface area contributed by atoms with Gasteiger partial charge in [0.15, 0.2) is 5.78 Å². The molecule has 1 unspecified atom stereocenters. The van der Waals surface area contributed by atoms with Gasteiger partial charge in [0.05, 0.1) is 6.61 Å². The summed E-state index contributed by atoms with van der Waals surface area (Å²) in [6.07, 6.45) is 11.3. The van der Waals surface area contributed by atoms with Gasteiger partial charge in [-0.2, -0.15) is 0 Å². The van der Waals surface area contributed by atoms with E-state index in [0.29, 0.717) is 25.9 Å². The molecular weight excluding hydrogens is 240 g/mol. The lowest BCUT2D eigenvalue weighted by molar-refractivity contribution is -0.158. The highest BCUT2D eigenvalue weighted by atomic mass is 16.5. The van der Waals surface area contributed by atoms with Gasteiger partial charge in [-0.15, -0.1) is 6.58 Å². The average molecular weight is 264 g/mol. The fourth-order valence-electron chi connectivity index (χ4n) is 2.50. The predicted octanol–water partition coefficient (Wildman–Crippen LogP) is 3.59. The SMILES string of the molecule is C=CCCCC=CCC1(C(=O)OCC)CCCC1=O. The Bertz CT molecular complexity index is 357. The molecule has 1 aliphatic carbocycles. The normalized spacial score (nSPS) is 22.9. The van der Waals surface area contributed by atoms with Crippen LogP contribution in [0.2, 0.25) is 0 Å². The molecule has 0 aromatic carbocycles. The molecule has 106 valence electrons. The van der Waals surface area contributed by atoms with Crippen LogP contribution in [0, 0.1) is 5.41 Å². The molecule has 19 heavy (non-hydrogen) atoms. The van der Waals surface area contributed by atoms with Crippen molar-refractivity contribution in [3.63, 3.8) is 0 Å². The number of carbonyl (C=O) groups excluding carboxylic acids is 2. The lowest BCUT2D eigenvalue weighted by atomic mass is 9.81. The fraction of sp³-hybridized carbons (Fsp3) is 0.625. The number of ketones is 1. The first-order valence-corrected chi connectivity index (χ1v) is 7.14. The van der Waals surface area contributed by atoms with Gasteiger partial charge >= 0.3 is 5.97 Å². The van der Waals surface area contributed by atoms with Crippen molar-refractivity contribution in [1.82, 2.24) is 0 Å². The first kappa shape index (κ1) is 15.7. The van der Waals surface area contributed by atoms with Crippen LogP contribution < -0.4 is 0 Å². The molecule has 1 rings (SSSR count). The Morgan fingerprint density at radius 3 is 2.79 bits per heavy atom. The van der Waals surface area contributed by atoms with Crippen molar-refractivity contribution in [2.75, 3.05) is 6.61 Å². The molecule has 0 heterocycles. The van der Waals surface area contributed by atoms with Gasteiger partial charge in [-0.1, -0.05) is 18.2 Å². The zero-order valence-electron chi connectivity index (χ0n) is 11.8. The van der Waals surface area contributed by atoms with Crippen LogP contribution in [0.5, 0.6) is 0 Å². The maximum absolute atomic E-state index is 12.1. The lowest BCUT2D eigenvalue weighted by Gasteiger charge is -2.23. The van der Waals surface area contributed by atoms with Crippen LogP contribution in [-0.4, -0.2) is 18.4 Å². The summed E-state index contributed by atoms with van der Waals surface area (Å²) < 4.78 is 5.09. The number of unbranched alkanes of at least 4 members (excludes halogenated alkanes) is 2. The Labute approximate surface area is 115 Å². The van der Waals surface area contributed by atoms with Crippen LogP contribution in [0.1, 0.15) is 51.9 Å². The minimum absolute atomic E-state index is 0.0432. The van der Waals surface area contributed by atoms with Crippen molar-refractivity contribution < 1.29 is 14.3 Å². The molecule has 1 fully saturated rings. The molecule has 0 amide bonds. The topological polar surface area (TPSA) is 43.4 Å². The highest BCUT2D eigenvalue weighted by Gasteiger charge is 2.48. The quantitative estimate of drug-likeness (QED) is 0.291. The van der Waals surface area contributed by atoms with Gasteiger partial charge in [-0.3, -0.25) is 9.59 Å². The van der Waals surface area contributed by atoms with Gasteiger partial charge in [0.25, 0.3) is 0 Å². The Morgan fingerprint density at radius 1 is 1.42 bits per heavy atom. The molecule has 1 atom stereocenters. The number of carbonyl (C=O) groups is 2. The second kappa shape index (κ2) is 7.93. The molecule has 1 saturated carbocycles. The molecule has 0 N–H and O–H groups in total. The molecule has 3 nitrogen and oxygen atoms in total. The van der Waals surface area contributed by atoms with E-state index in [4.69, 9.17) is 4.74 Å². The average Bonchev–Trinajstić information content (AvgIpc) is 2.76. The van der Waals surface area contributed by atoms with Crippen LogP contribution in [0.3, 0.4) is 0 Å². The minimum Gasteiger partial charge on any atom is -0.465 e. The van der Waals surface area contributed by atoms with Crippen LogP contribution in [-0.2, 0) is 14.3 Å². The van der Waals surface area contributed by atoms with Crippen LogP contribution in [0.25, 0.3) is 0 Å². The van der Waals surface area contributed by atoms with Gasteiger partial charge in [0.1, 0.15) is 5.41 Å². The standard InChI is InChI=1S/C16H24O3/c1-3-5-6-7-8-9-12-16(15(18)19-4-2)13-10-11-14(16)17/h3,8-9H,1,4-7,10-13H2,2H3. The molecule has 0 aromatic rings. The molecule has 0 radical (unpaired) electrons. The third-order valence-corrected chi connectivity index (χ3v) is 3.62. The molecule has 0 aliphatic heterocycles. The molecule has 0 bridgehead atoms. The van der Waals surface area contributed by atoms with Crippen molar-refractivity contribution in [2.24, 2.45) is 5.41 Å². The molecule has 0 spiro atoms. The van der Waals surface area contributed by atoms with E-state index < -0.39 is 5.41 Å². The smallest absolute Gasteiger partial charge is 0.319 e. The predicted molar refractivity (Wildman–Crippen MR) is 75.7 cm³/mol. The first-order valence-electron chi connectivity index (χ1n) is 7.14. The third kappa shape index (κ3) is 4.05. The van der Waals surface area contributed by atoms with Crippen LogP contribution >= 0.6 is 0 Å². The molecular formula is C16H24O3. The van der Waals surface area contributed by atoms with Crippen molar-refractivity contribution in [3.05, 3.63) is 24.8 Å². The van der Waals surface area contributed by atoms with E-state index in [1.165, 1.54) is 0 Å². The Morgan fingerprint density at radius 2 is 2.21 bits per heavy atom. The zero-order valence-corrected chi connectivity index (χ0v) is 11.8. The highest BCUT2D eigenvalue weighted by molar-refractivity contribution is 6.05. The van der Waals surface area contributed by atoms with Crippen molar-refractivity contribution in [2.45, 2.75) is 51.9 Å². The summed E-state index contributed by atoms with van der Waals surface area (Å²) in [5.74, 6) is -0.296. The lowest BCUT2D eigenvalue weighted by Crippen LogP contribution is -2.36. The van der Waals surface area contributed by atoms with Crippen molar-refractivity contribution in [1.29, 1.82) is 0 Å². The number of ether oxygens (including phenoxy) is 1. The molecule has 0 aromatic heterocycles. The summed E-state index contributed by atoms with van der Waals surface area (Å²) in [5.41, 5.74) is -0.898. The number of Topliss-reactive ketones (excluding diaryl/α,β-unsaturated/α-hetero) is 1. The summed E-state index contributed by atoms with van der Waals surface area (Å²) in [6, 6.07) is 0. The summed E-state index contributed by atoms with van der Waals surface area (Å²) in [5, 5.41) is 0. The summed E-state index contributed by atoms with van der Waals surface area (Å²) in [7, 11) is 0. The summed E-state index contributed by atoms with van der Waals surface area (Å²) >= 11 is 0. The fourth-order valence-corrected chi connectivity index (χ4v) is 2.50. The van der Waals surface area contributed by atoms with Crippen molar-refractivity contribution in [3.8, 4) is 0 Å². The number of hydrogen-bond donors (Lipinski definition) is 0. The van der Waals surface area contributed by atoms with Gasteiger partial charge < -0.3 is 4.74 Å². The van der Waals surface area contributed by atoms with E-state index in [2.05, 4.69) is 12.7 Å². The van der Waals surface area contributed by atoms with Crippen molar-refractivity contribution >= 4 is 11.8 Å². The molecule has 0 saturated heterocycles.